The normalized spacial score (nSPS) is 22.9. The highest BCUT2D eigenvalue weighted by Crippen LogP contribution is 2.26. The topological polar surface area (TPSA) is 12.0 Å². The Labute approximate surface area is 97.3 Å². The Morgan fingerprint density at radius 3 is 3.07 bits per heavy atom. The molecule has 14 heavy (non-hydrogen) atoms. The van der Waals surface area contributed by atoms with Crippen LogP contribution in [0.15, 0.2) is 28.1 Å². The van der Waals surface area contributed by atoms with Crippen molar-refractivity contribution >= 4 is 27.3 Å². The third-order valence-corrected chi connectivity index (χ3v) is 4.37. The first-order valence-electron chi connectivity index (χ1n) is 4.92. The summed E-state index contributed by atoms with van der Waals surface area (Å²) in [4.78, 5) is 1.40. The van der Waals surface area contributed by atoms with Crippen LogP contribution in [0.1, 0.15) is 30.7 Å². The van der Waals surface area contributed by atoms with Crippen molar-refractivity contribution < 1.29 is 0 Å². The maximum Gasteiger partial charge on any atom is 0.0391 e. The average Bonchev–Trinajstić information content (AvgIpc) is 2.75. The minimum Gasteiger partial charge on any atom is -0.303 e. The molecule has 76 valence electrons. The second-order valence-corrected chi connectivity index (χ2v) is 5.53. The fourth-order valence-corrected chi connectivity index (χ4v) is 3.19. The number of nitrogens with one attached hydrogen (secondary N) is 1. The van der Waals surface area contributed by atoms with Gasteiger partial charge >= 0.3 is 0 Å². The van der Waals surface area contributed by atoms with Crippen LogP contribution in [0.4, 0.5) is 0 Å². The first-order chi connectivity index (χ1) is 6.75. The van der Waals surface area contributed by atoms with Crippen LogP contribution in [-0.4, -0.2) is 6.04 Å². The van der Waals surface area contributed by atoms with Gasteiger partial charge < -0.3 is 5.32 Å². The monoisotopic (exact) mass is 271 g/mol. The number of halogens is 1. The van der Waals surface area contributed by atoms with Gasteiger partial charge in [-0.15, -0.1) is 11.3 Å². The zero-order chi connectivity index (χ0) is 9.97. The van der Waals surface area contributed by atoms with Crippen molar-refractivity contribution in [1.82, 2.24) is 5.32 Å². The van der Waals surface area contributed by atoms with Gasteiger partial charge in [0.2, 0.25) is 0 Å². The van der Waals surface area contributed by atoms with Gasteiger partial charge in [0.25, 0.3) is 0 Å². The molecule has 2 atom stereocenters. The van der Waals surface area contributed by atoms with Crippen molar-refractivity contribution in [1.29, 1.82) is 0 Å². The summed E-state index contributed by atoms with van der Waals surface area (Å²) < 4.78 is 1.19. The smallest absolute Gasteiger partial charge is 0.0391 e. The van der Waals surface area contributed by atoms with E-state index in [0.29, 0.717) is 12.1 Å². The summed E-state index contributed by atoms with van der Waals surface area (Å²) >= 11 is 5.29. The molecule has 1 heterocycles. The molecule has 3 heteroatoms. The van der Waals surface area contributed by atoms with Gasteiger partial charge in [0.15, 0.2) is 0 Å². The van der Waals surface area contributed by atoms with Crippen molar-refractivity contribution in [2.24, 2.45) is 0 Å². The largest absolute Gasteiger partial charge is 0.303 e. The van der Waals surface area contributed by atoms with Crippen molar-refractivity contribution in [2.75, 3.05) is 0 Å². The number of thiophene rings is 1. The molecule has 1 N–H and O–H groups in total. The molecule has 0 saturated heterocycles. The van der Waals surface area contributed by atoms with E-state index < -0.39 is 0 Å². The third-order valence-electron chi connectivity index (χ3n) is 2.49. The molecular formula is C11H14BrNS. The van der Waals surface area contributed by atoms with Gasteiger partial charge in [-0.25, -0.2) is 0 Å². The Morgan fingerprint density at radius 1 is 1.64 bits per heavy atom. The third kappa shape index (κ3) is 2.47. The van der Waals surface area contributed by atoms with Gasteiger partial charge in [-0.05, 0) is 41.8 Å². The molecule has 1 nitrogen and oxygen atoms in total. The Morgan fingerprint density at radius 2 is 2.50 bits per heavy atom. The molecule has 1 aromatic heterocycles. The van der Waals surface area contributed by atoms with Crippen molar-refractivity contribution in [3.63, 3.8) is 0 Å². The predicted octanol–water partition coefficient (Wildman–Crippen LogP) is 3.88. The summed E-state index contributed by atoms with van der Waals surface area (Å²) in [5.41, 5.74) is 0. The second-order valence-electron chi connectivity index (χ2n) is 3.67. The first kappa shape index (κ1) is 10.4. The fourth-order valence-electron chi connectivity index (χ4n) is 1.73. The molecule has 0 aromatic carbocycles. The van der Waals surface area contributed by atoms with Gasteiger partial charge in [0.05, 0.1) is 0 Å². The highest BCUT2D eigenvalue weighted by Gasteiger charge is 2.14. The van der Waals surface area contributed by atoms with Crippen LogP contribution < -0.4 is 5.32 Å². The van der Waals surface area contributed by atoms with Gasteiger partial charge in [0, 0.05) is 26.8 Å². The van der Waals surface area contributed by atoms with Gasteiger partial charge in [0.1, 0.15) is 0 Å². The van der Waals surface area contributed by atoms with E-state index in [1.807, 2.05) is 11.3 Å². The van der Waals surface area contributed by atoms with Gasteiger partial charge in [-0.1, -0.05) is 12.2 Å². The van der Waals surface area contributed by atoms with Crippen LogP contribution in [0, 0.1) is 0 Å². The summed E-state index contributed by atoms with van der Waals surface area (Å²) in [7, 11) is 0. The van der Waals surface area contributed by atoms with E-state index in [2.05, 4.69) is 51.8 Å². The van der Waals surface area contributed by atoms with E-state index in [4.69, 9.17) is 0 Å². The number of allylic oxidation sites excluding steroid dienone is 1. The fraction of sp³-hybridized carbons (Fsp3) is 0.455. The van der Waals surface area contributed by atoms with Crippen molar-refractivity contribution in [3.8, 4) is 0 Å². The van der Waals surface area contributed by atoms with Crippen LogP contribution >= 0.6 is 27.3 Å². The van der Waals surface area contributed by atoms with Crippen LogP contribution in [0.3, 0.4) is 0 Å². The van der Waals surface area contributed by atoms with E-state index in [9.17, 15) is 0 Å². The Bertz CT molecular complexity index is 332. The summed E-state index contributed by atoms with van der Waals surface area (Å²) in [5.74, 6) is 0. The zero-order valence-electron chi connectivity index (χ0n) is 8.16. The molecule has 0 spiro atoms. The Hall–Kier alpha value is -0.120. The van der Waals surface area contributed by atoms with E-state index >= 15 is 0 Å². The molecule has 1 aromatic rings. The molecule has 0 bridgehead atoms. The average molecular weight is 272 g/mol. The molecule has 1 aliphatic rings. The van der Waals surface area contributed by atoms with Gasteiger partial charge in [-0.3, -0.25) is 0 Å². The number of rotatable bonds is 3. The molecule has 0 saturated carbocycles. The lowest BCUT2D eigenvalue weighted by Gasteiger charge is -2.16. The highest BCUT2D eigenvalue weighted by molar-refractivity contribution is 9.10. The minimum absolute atomic E-state index is 0.457. The summed E-state index contributed by atoms with van der Waals surface area (Å²) in [6.07, 6.45) is 7.00. The summed E-state index contributed by atoms with van der Waals surface area (Å²) in [5, 5.41) is 5.75. The van der Waals surface area contributed by atoms with Crippen LogP contribution in [0.2, 0.25) is 0 Å². The number of hydrogen-bond acceptors (Lipinski definition) is 2. The maximum atomic E-state index is 3.61. The first-order valence-corrected chi connectivity index (χ1v) is 6.59. The molecule has 1 aliphatic carbocycles. The Balaban J connectivity index is 1.94. The quantitative estimate of drug-likeness (QED) is 0.823. The lowest BCUT2D eigenvalue weighted by Crippen LogP contribution is -2.27. The lowest BCUT2D eigenvalue weighted by atomic mass is 10.2. The van der Waals surface area contributed by atoms with E-state index in [1.54, 1.807) is 0 Å². The second kappa shape index (κ2) is 4.60. The highest BCUT2D eigenvalue weighted by atomic mass is 79.9. The molecule has 0 fully saturated rings. The summed E-state index contributed by atoms with van der Waals surface area (Å²) in [6, 6.07) is 3.23. The maximum absolute atomic E-state index is 3.61. The molecule has 0 aliphatic heterocycles. The molecule has 2 unspecified atom stereocenters. The van der Waals surface area contributed by atoms with Crippen LogP contribution in [-0.2, 0) is 0 Å². The van der Waals surface area contributed by atoms with E-state index in [1.165, 1.54) is 22.2 Å². The zero-order valence-corrected chi connectivity index (χ0v) is 10.6. The van der Waals surface area contributed by atoms with E-state index in [-0.39, 0.29) is 0 Å². The molecule has 0 radical (unpaired) electrons. The predicted molar refractivity (Wildman–Crippen MR) is 65.7 cm³/mol. The van der Waals surface area contributed by atoms with Crippen molar-refractivity contribution in [3.05, 3.63) is 32.9 Å². The van der Waals surface area contributed by atoms with Gasteiger partial charge in [-0.2, -0.15) is 0 Å². The molecule has 2 rings (SSSR count). The van der Waals surface area contributed by atoms with E-state index in [0.717, 1.165) is 0 Å². The lowest BCUT2D eigenvalue weighted by molar-refractivity contribution is 0.511. The Kier molecular flexibility index (Phi) is 3.42. The van der Waals surface area contributed by atoms with Crippen molar-refractivity contribution in [2.45, 2.75) is 31.8 Å². The summed E-state index contributed by atoms with van der Waals surface area (Å²) in [6.45, 7) is 2.23. The van der Waals surface area contributed by atoms with Crippen LogP contribution in [0.5, 0.6) is 0 Å². The minimum atomic E-state index is 0.457. The SMILES string of the molecule is CC(NC1C=CCC1)c1cc(Br)cs1. The van der Waals surface area contributed by atoms with Crippen LogP contribution in [0.25, 0.3) is 0 Å². The standard InChI is InChI=1S/C11H14BrNS/c1-8(11-6-9(12)7-14-11)13-10-4-2-3-5-10/h2,4,6-8,10,13H,3,5H2,1H3. The molecule has 0 amide bonds. The number of hydrogen-bond donors (Lipinski definition) is 1. The molecular weight excluding hydrogens is 258 g/mol.